The van der Waals surface area contributed by atoms with Crippen LogP contribution in [0.15, 0.2) is 0 Å². The monoisotopic (exact) mass is 261 g/mol. The molecule has 0 aliphatic carbocycles. The van der Waals surface area contributed by atoms with Gasteiger partial charge in [-0.3, -0.25) is 4.79 Å². The van der Waals surface area contributed by atoms with Gasteiger partial charge in [0, 0.05) is 18.9 Å². The summed E-state index contributed by atoms with van der Waals surface area (Å²) in [6.07, 6.45) is 2.05. The van der Waals surface area contributed by atoms with Crippen molar-refractivity contribution in [3.63, 3.8) is 0 Å². The Morgan fingerprint density at radius 1 is 1.35 bits per heavy atom. The highest BCUT2D eigenvalue weighted by Gasteiger charge is 2.30. The number of piperidine rings is 1. The molecule has 1 aliphatic heterocycles. The van der Waals surface area contributed by atoms with Crippen molar-refractivity contribution in [2.45, 2.75) is 44.8 Å². The smallest absolute Gasteiger partial charge is 0.155 e. The molecule has 0 aromatic carbocycles. The lowest BCUT2D eigenvalue weighted by Gasteiger charge is -2.23. The Morgan fingerprint density at radius 2 is 2.00 bits per heavy atom. The molecule has 17 heavy (non-hydrogen) atoms. The molecule has 100 valence electrons. The predicted molar refractivity (Wildman–Crippen MR) is 68.8 cm³/mol. The fourth-order valence-corrected chi connectivity index (χ4v) is 2.95. The van der Waals surface area contributed by atoms with E-state index in [0.29, 0.717) is 6.54 Å². The van der Waals surface area contributed by atoms with E-state index in [2.05, 4.69) is 5.32 Å². The van der Waals surface area contributed by atoms with Gasteiger partial charge in [0.2, 0.25) is 0 Å². The Morgan fingerprint density at radius 3 is 2.47 bits per heavy atom. The van der Waals surface area contributed by atoms with Crippen LogP contribution in [0, 0.1) is 5.92 Å². The lowest BCUT2D eigenvalue weighted by Crippen LogP contribution is -2.36. The maximum atomic E-state index is 11.9. The summed E-state index contributed by atoms with van der Waals surface area (Å²) in [5.74, 6) is 0.0789. The van der Waals surface area contributed by atoms with Crippen LogP contribution in [0.3, 0.4) is 0 Å². The van der Waals surface area contributed by atoms with E-state index >= 15 is 0 Å². The summed E-state index contributed by atoms with van der Waals surface area (Å²) >= 11 is 0. The van der Waals surface area contributed by atoms with Crippen molar-refractivity contribution in [3.05, 3.63) is 0 Å². The lowest BCUT2D eigenvalue weighted by atomic mass is 9.94. The molecule has 1 aliphatic rings. The molecule has 1 rings (SSSR count). The van der Waals surface area contributed by atoms with Crippen LogP contribution in [0.4, 0.5) is 0 Å². The van der Waals surface area contributed by atoms with Gasteiger partial charge in [-0.15, -0.1) is 0 Å². The van der Waals surface area contributed by atoms with Crippen molar-refractivity contribution in [1.82, 2.24) is 5.32 Å². The third-order valence-corrected chi connectivity index (χ3v) is 5.91. The molecule has 0 saturated carbocycles. The van der Waals surface area contributed by atoms with Gasteiger partial charge in [0.15, 0.2) is 9.84 Å². The summed E-state index contributed by atoms with van der Waals surface area (Å²) in [6, 6.07) is 0. The highest BCUT2D eigenvalue weighted by atomic mass is 32.2. The molecule has 1 N–H and O–H groups in total. The largest absolute Gasteiger partial charge is 0.316 e. The van der Waals surface area contributed by atoms with Crippen LogP contribution in [0.1, 0.15) is 40.0 Å². The van der Waals surface area contributed by atoms with Crippen molar-refractivity contribution in [2.75, 3.05) is 18.8 Å². The molecule has 1 unspecified atom stereocenters. The first-order valence-corrected chi connectivity index (χ1v) is 7.85. The molecule has 1 heterocycles. The standard InChI is InChI=1S/C12H23NO3S/c1-12(2,3)17(15,16)8-6-11(14)10-5-4-7-13-9-10/h10,13H,4-9H2,1-3H3. The van der Waals surface area contributed by atoms with E-state index in [9.17, 15) is 13.2 Å². The Hall–Kier alpha value is -0.420. The lowest BCUT2D eigenvalue weighted by molar-refractivity contribution is -0.122. The van der Waals surface area contributed by atoms with E-state index in [4.69, 9.17) is 0 Å². The number of carbonyl (C=O) groups excluding carboxylic acids is 1. The van der Waals surface area contributed by atoms with Crippen LogP contribution >= 0.6 is 0 Å². The van der Waals surface area contributed by atoms with Gasteiger partial charge in [-0.05, 0) is 40.2 Å². The van der Waals surface area contributed by atoms with Gasteiger partial charge in [0.1, 0.15) is 5.78 Å². The number of ketones is 1. The second kappa shape index (κ2) is 5.48. The minimum absolute atomic E-state index is 0.0129. The second-order valence-corrected chi connectivity index (χ2v) is 8.55. The molecular formula is C12H23NO3S. The van der Waals surface area contributed by atoms with E-state index < -0.39 is 14.6 Å². The van der Waals surface area contributed by atoms with Crippen LogP contribution in [0.25, 0.3) is 0 Å². The first-order chi connectivity index (χ1) is 7.74. The summed E-state index contributed by atoms with van der Waals surface area (Å²) in [5, 5.41) is 3.17. The molecule has 0 bridgehead atoms. The summed E-state index contributed by atoms with van der Waals surface area (Å²) < 4.78 is 23.0. The van der Waals surface area contributed by atoms with Gasteiger partial charge in [-0.25, -0.2) is 8.42 Å². The minimum atomic E-state index is -3.17. The number of sulfone groups is 1. The van der Waals surface area contributed by atoms with Gasteiger partial charge in [-0.1, -0.05) is 0 Å². The zero-order valence-electron chi connectivity index (χ0n) is 11.0. The summed E-state index contributed by atoms with van der Waals surface area (Å²) in [7, 11) is -3.17. The molecule has 0 radical (unpaired) electrons. The van der Waals surface area contributed by atoms with E-state index in [0.717, 1.165) is 19.4 Å². The molecule has 5 heteroatoms. The Labute approximate surface area is 104 Å². The van der Waals surface area contributed by atoms with Crippen LogP contribution < -0.4 is 5.32 Å². The molecule has 1 saturated heterocycles. The first-order valence-electron chi connectivity index (χ1n) is 6.20. The van der Waals surface area contributed by atoms with Crippen molar-refractivity contribution in [3.8, 4) is 0 Å². The van der Waals surface area contributed by atoms with Gasteiger partial charge in [0.25, 0.3) is 0 Å². The number of hydrogen-bond donors (Lipinski definition) is 1. The number of hydrogen-bond acceptors (Lipinski definition) is 4. The van der Waals surface area contributed by atoms with Gasteiger partial charge >= 0.3 is 0 Å². The average Bonchev–Trinajstić information content (AvgIpc) is 2.25. The highest BCUT2D eigenvalue weighted by molar-refractivity contribution is 7.92. The van der Waals surface area contributed by atoms with E-state index in [1.165, 1.54) is 0 Å². The molecule has 0 aromatic rings. The quantitative estimate of drug-likeness (QED) is 0.825. The van der Waals surface area contributed by atoms with E-state index in [1.54, 1.807) is 20.8 Å². The molecule has 0 spiro atoms. The van der Waals surface area contributed by atoms with Gasteiger partial charge in [0.05, 0.1) is 10.5 Å². The predicted octanol–water partition coefficient (Wildman–Crippen LogP) is 1.16. The van der Waals surface area contributed by atoms with Crippen LogP contribution in [-0.2, 0) is 14.6 Å². The van der Waals surface area contributed by atoms with Gasteiger partial charge in [-0.2, -0.15) is 0 Å². The van der Waals surface area contributed by atoms with Crippen LogP contribution in [-0.4, -0.2) is 37.8 Å². The average molecular weight is 261 g/mol. The molecule has 1 fully saturated rings. The zero-order chi connectivity index (χ0) is 13.1. The number of rotatable bonds is 4. The maximum Gasteiger partial charge on any atom is 0.155 e. The van der Waals surface area contributed by atoms with E-state index in [-0.39, 0.29) is 23.9 Å². The van der Waals surface area contributed by atoms with Crippen molar-refractivity contribution >= 4 is 15.6 Å². The first kappa shape index (κ1) is 14.6. The summed E-state index contributed by atoms with van der Waals surface area (Å²) in [6.45, 7) is 6.69. The number of carbonyl (C=O) groups is 1. The second-order valence-electron chi connectivity index (χ2n) is 5.69. The molecule has 0 aromatic heterocycles. The summed E-state index contributed by atoms with van der Waals surface area (Å²) in [5.41, 5.74) is 0. The van der Waals surface area contributed by atoms with Crippen molar-refractivity contribution < 1.29 is 13.2 Å². The molecule has 4 nitrogen and oxygen atoms in total. The van der Waals surface area contributed by atoms with Gasteiger partial charge < -0.3 is 5.32 Å². The van der Waals surface area contributed by atoms with Crippen molar-refractivity contribution in [1.29, 1.82) is 0 Å². The Balaban J connectivity index is 2.48. The fourth-order valence-electron chi connectivity index (χ4n) is 1.87. The number of Topliss-reactive ketones (excluding diaryl/α,β-unsaturated/α-hetero) is 1. The Bertz CT molecular complexity index is 362. The van der Waals surface area contributed by atoms with Crippen molar-refractivity contribution in [2.24, 2.45) is 5.92 Å². The van der Waals surface area contributed by atoms with Crippen LogP contribution in [0.5, 0.6) is 0 Å². The maximum absolute atomic E-state index is 11.9. The summed E-state index contributed by atoms with van der Waals surface area (Å²) in [4.78, 5) is 11.9. The molecular weight excluding hydrogens is 238 g/mol. The third kappa shape index (κ3) is 4.07. The normalized spacial score (nSPS) is 22.4. The minimum Gasteiger partial charge on any atom is -0.316 e. The topological polar surface area (TPSA) is 63.2 Å². The fraction of sp³-hybridized carbons (Fsp3) is 0.917. The Kier molecular flexibility index (Phi) is 4.72. The third-order valence-electron chi connectivity index (χ3n) is 3.30. The van der Waals surface area contributed by atoms with Crippen LogP contribution in [0.2, 0.25) is 0 Å². The van der Waals surface area contributed by atoms with E-state index in [1.807, 2.05) is 0 Å². The molecule has 0 amide bonds. The zero-order valence-corrected chi connectivity index (χ0v) is 11.8. The molecule has 1 atom stereocenters. The SMILES string of the molecule is CC(C)(C)S(=O)(=O)CCC(=O)C1CCCNC1. The number of nitrogens with one attached hydrogen (secondary N) is 1. The highest BCUT2D eigenvalue weighted by Crippen LogP contribution is 2.19.